The Kier molecular flexibility index (Phi) is 6.28. The molecule has 0 aliphatic carbocycles. The number of methoxy groups -OCH3 is 4. The van der Waals surface area contributed by atoms with Gasteiger partial charge in [0.2, 0.25) is 0 Å². The predicted octanol–water partition coefficient (Wildman–Crippen LogP) is 0.311. The van der Waals surface area contributed by atoms with E-state index in [0.717, 1.165) is 0 Å². The summed E-state index contributed by atoms with van der Waals surface area (Å²) in [5.41, 5.74) is -0.474. The lowest BCUT2D eigenvalue weighted by molar-refractivity contribution is -0.134. The Morgan fingerprint density at radius 2 is 1.08 bits per heavy atom. The zero-order valence-corrected chi connectivity index (χ0v) is 8.25. The van der Waals surface area contributed by atoms with Crippen LogP contribution in [-0.4, -0.2) is 53.9 Å². The lowest BCUT2D eigenvalue weighted by Gasteiger charge is -2.29. The molecule has 0 radical (unpaired) electrons. The molecule has 0 saturated heterocycles. The summed E-state index contributed by atoms with van der Waals surface area (Å²) in [6, 6.07) is 0. The molecule has 74 valence electrons. The Hall–Kier alpha value is -0.160. The van der Waals surface area contributed by atoms with Crippen LogP contribution in [-0.2, 0) is 18.9 Å². The molecule has 0 rings (SSSR count). The van der Waals surface area contributed by atoms with Crippen molar-refractivity contribution < 1.29 is 18.9 Å². The van der Waals surface area contributed by atoms with Gasteiger partial charge in [-0.15, -0.1) is 0 Å². The molecule has 0 bridgehead atoms. The van der Waals surface area contributed by atoms with Crippen molar-refractivity contribution in [3.63, 3.8) is 0 Å². The van der Waals surface area contributed by atoms with Gasteiger partial charge in [-0.1, -0.05) is 0 Å². The molecule has 4 heteroatoms. The monoisotopic (exact) mass is 178 g/mol. The summed E-state index contributed by atoms with van der Waals surface area (Å²) in [7, 11) is 6.49. The topological polar surface area (TPSA) is 36.9 Å². The highest BCUT2D eigenvalue weighted by Gasteiger charge is 2.30. The first-order valence-electron chi connectivity index (χ1n) is 3.76. The highest BCUT2D eigenvalue weighted by atomic mass is 16.6. The van der Waals surface area contributed by atoms with Crippen molar-refractivity contribution >= 4 is 0 Å². The van der Waals surface area contributed by atoms with Crippen LogP contribution in [0.2, 0.25) is 0 Å². The van der Waals surface area contributed by atoms with Gasteiger partial charge in [0.15, 0.2) is 0 Å². The van der Waals surface area contributed by atoms with Crippen molar-refractivity contribution in [3.05, 3.63) is 0 Å². The van der Waals surface area contributed by atoms with E-state index in [1.54, 1.807) is 28.4 Å². The molecule has 0 unspecified atom stereocenters. The van der Waals surface area contributed by atoms with Gasteiger partial charge in [0.05, 0.1) is 19.8 Å². The third-order valence-electron chi connectivity index (χ3n) is 1.66. The highest BCUT2D eigenvalue weighted by Crippen LogP contribution is 2.11. The zero-order valence-electron chi connectivity index (χ0n) is 8.25. The molecule has 0 aromatic heterocycles. The van der Waals surface area contributed by atoms with Crippen LogP contribution in [0.1, 0.15) is 0 Å². The van der Waals surface area contributed by atoms with Gasteiger partial charge in [0.1, 0.15) is 5.60 Å². The summed E-state index contributed by atoms with van der Waals surface area (Å²) >= 11 is 0. The molecular formula is C8H18O4. The second-order valence-electron chi connectivity index (χ2n) is 2.69. The van der Waals surface area contributed by atoms with Gasteiger partial charge >= 0.3 is 0 Å². The molecule has 0 aliphatic rings. The summed E-state index contributed by atoms with van der Waals surface area (Å²) in [6.07, 6.45) is 0. The standard InChI is InChI=1S/C8H18O4/c1-9-5-8(12-4,6-10-2)7-11-3/h5-7H2,1-4H3. The van der Waals surface area contributed by atoms with E-state index in [1.165, 1.54) is 0 Å². The van der Waals surface area contributed by atoms with Gasteiger partial charge in [0, 0.05) is 28.4 Å². The normalized spacial score (nSPS) is 12.0. The van der Waals surface area contributed by atoms with E-state index in [0.29, 0.717) is 19.8 Å². The lowest BCUT2D eigenvalue weighted by Crippen LogP contribution is -2.45. The molecule has 12 heavy (non-hydrogen) atoms. The lowest BCUT2D eigenvalue weighted by atomic mass is 10.1. The molecule has 0 aliphatic heterocycles. The maximum Gasteiger partial charge on any atom is 0.137 e. The van der Waals surface area contributed by atoms with Crippen molar-refractivity contribution in [2.24, 2.45) is 0 Å². The molecule has 4 nitrogen and oxygen atoms in total. The van der Waals surface area contributed by atoms with Gasteiger partial charge in [-0.2, -0.15) is 0 Å². The van der Waals surface area contributed by atoms with E-state index >= 15 is 0 Å². The first kappa shape index (κ1) is 11.8. The van der Waals surface area contributed by atoms with E-state index in [9.17, 15) is 0 Å². The van der Waals surface area contributed by atoms with Gasteiger partial charge in [-0.3, -0.25) is 0 Å². The highest BCUT2D eigenvalue weighted by molar-refractivity contribution is 4.79. The molecule has 0 atom stereocenters. The van der Waals surface area contributed by atoms with Crippen molar-refractivity contribution in [2.45, 2.75) is 5.60 Å². The summed E-state index contributed by atoms with van der Waals surface area (Å²) in [4.78, 5) is 0. The molecule has 0 heterocycles. The van der Waals surface area contributed by atoms with E-state index < -0.39 is 5.60 Å². The van der Waals surface area contributed by atoms with E-state index in [4.69, 9.17) is 18.9 Å². The molecule has 0 aromatic carbocycles. The minimum atomic E-state index is -0.474. The maximum absolute atomic E-state index is 5.28. The molecule has 0 spiro atoms. The summed E-state index contributed by atoms with van der Waals surface area (Å²) in [5.74, 6) is 0. The van der Waals surface area contributed by atoms with Crippen LogP contribution in [0, 0.1) is 0 Å². The minimum absolute atomic E-state index is 0.463. The fourth-order valence-electron chi connectivity index (χ4n) is 1.09. The summed E-state index contributed by atoms with van der Waals surface area (Å²) < 4.78 is 20.3. The Morgan fingerprint density at radius 3 is 1.25 bits per heavy atom. The maximum atomic E-state index is 5.28. The average molecular weight is 178 g/mol. The van der Waals surface area contributed by atoms with Gasteiger partial charge in [0.25, 0.3) is 0 Å². The fraction of sp³-hybridized carbons (Fsp3) is 1.00. The number of ether oxygens (including phenoxy) is 4. The van der Waals surface area contributed by atoms with Crippen LogP contribution < -0.4 is 0 Å². The van der Waals surface area contributed by atoms with Crippen LogP contribution in [0.3, 0.4) is 0 Å². The van der Waals surface area contributed by atoms with Crippen LogP contribution >= 0.6 is 0 Å². The molecule has 0 amide bonds. The molecule has 0 fully saturated rings. The van der Waals surface area contributed by atoms with Crippen LogP contribution in [0.15, 0.2) is 0 Å². The number of hydrogen-bond donors (Lipinski definition) is 0. The quantitative estimate of drug-likeness (QED) is 0.562. The average Bonchev–Trinajstić information content (AvgIpc) is 2.06. The van der Waals surface area contributed by atoms with Crippen molar-refractivity contribution in [2.75, 3.05) is 48.3 Å². The minimum Gasteiger partial charge on any atom is -0.382 e. The van der Waals surface area contributed by atoms with Crippen molar-refractivity contribution in [1.29, 1.82) is 0 Å². The third kappa shape index (κ3) is 3.49. The van der Waals surface area contributed by atoms with E-state index in [1.807, 2.05) is 0 Å². The largest absolute Gasteiger partial charge is 0.382 e. The summed E-state index contributed by atoms with van der Waals surface area (Å²) in [5, 5.41) is 0. The Bertz CT molecular complexity index is 88.2. The van der Waals surface area contributed by atoms with Gasteiger partial charge in [-0.05, 0) is 0 Å². The summed E-state index contributed by atoms with van der Waals surface area (Å²) in [6.45, 7) is 1.39. The Balaban J connectivity index is 4.06. The van der Waals surface area contributed by atoms with Crippen LogP contribution in [0.4, 0.5) is 0 Å². The molecule has 0 saturated carbocycles. The smallest absolute Gasteiger partial charge is 0.137 e. The predicted molar refractivity (Wildman–Crippen MR) is 45.4 cm³/mol. The molecular weight excluding hydrogens is 160 g/mol. The SMILES string of the molecule is COCC(COC)(COC)OC. The second kappa shape index (κ2) is 6.37. The van der Waals surface area contributed by atoms with Crippen LogP contribution in [0.25, 0.3) is 0 Å². The number of hydrogen-bond acceptors (Lipinski definition) is 4. The van der Waals surface area contributed by atoms with Gasteiger partial charge in [-0.25, -0.2) is 0 Å². The van der Waals surface area contributed by atoms with Crippen molar-refractivity contribution in [3.8, 4) is 0 Å². The molecule has 0 N–H and O–H groups in total. The Morgan fingerprint density at radius 1 is 0.750 bits per heavy atom. The second-order valence-corrected chi connectivity index (χ2v) is 2.69. The number of rotatable bonds is 7. The van der Waals surface area contributed by atoms with E-state index in [-0.39, 0.29) is 0 Å². The third-order valence-corrected chi connectivity index (χ3v) is 1.66. The fourth-order valence-corrected chi connectivity index (χ4v) is 1.09. The zero-order chi connectivity index (χ0) is 9.45. The van der Waals surface area contributed by atoms with Crippen LogP contribution in [0.5, 0.6) is 0 Å². The first-order valence-corrected chi connectivity index (χ1v) is 3.76. The van der Waals surface area contributed by atoms with E-state index in [2.05, 4.69) is 0 Å². The van der Waals surface area contributed by atoms with Crippen molar-refractivity contribution in [1.82, 2.24) is 0 Å². The Labute approximate surface area is 73.7 Å². The first-order chi connectivity index (χ1) is 5.74. The molecule has 0 aromatic rings. The van der Waals surface area contributed by atoms with Gasteiger partial charge < -0.3 is 18.9 Å².